The molecule has 0 aromatic carbocycles. The van der Waals surface area contributed by atoms with Gasteiger partial charge < -0.3 is 11.1 Å². The number of nitrogens with one attached hydrogen (secondary N) is 1. The molecular weight excluding hydrogens is 244 g/mol. The molecule has 0 aliphatic heterocycles. The van der Waals surface area contributed by atoms with Gasteiger partial charge in [-0.15, -0.1) is 0 Å². The summed E-state index contributed by atoms with van der Waals surface area (Å²) in [7, 11) is 0. The highest BCUT2D eigenvalue weighted by Gasteiger charge is 2.38. The van der Waals surface area contributed by atoms with Crippen LogP contribution >= 0.6 is 12.2 Å². The largest absolute Gasteiger partial charge is 0.391 e. The van der Waals surface area contributed by atoms with Gasteiger partial charge in [-0.25, -0.2) is 0 Å². The van der Waals surface area contributed by atoms with E-state index in [2.05, 4.69) is 26.1 Å². The van der Waals surface area contributed by atoms with E-state index in [0.717, 1.165) is 32.1 Å². The van der Waals surface area contributed by atoms with Crippen LogP contribution in [0.1, 0.15) is 59.3 Å². The van der Waals surface area contributed by atoms with Crippen LogP contribution in [0.3, 0.4) is 0 Å². The smallest absolute Gasteiger partial charge is 0.221 e. The second kappa shape index (κ2) is 6.50. The van der Waals surface area contributed by atoms with Crippen LogP contribution in [0.25, 0.3) is 0 Å². The van der Waals surface area contributed by atoms with Crippen molar-refractivity contribution in [1.82, 2.24) is 5.32 Å². The van der Waals surface area contributed by atoms with Crippen LogP contribution in [-0.2, 0) is 4.79 Å². The van der Waals surface area contributed by atoms with Crippen molar-refractivity contribution in [2.24, 2.45) is 17.6 Å². The second-order valence-electron chi connectivity index (χ2n) is 5.89. The monoisotopic (exact) mass is 270 g/mol. The lowest BCUT2D eigenvalue weighted by Crippen LogP contribution is -2.58. The fraction of sp³-hybridized carbons (Fsp3) is 0.857. The maximum absolute atomic E-state index is 12.0. The zero-order valence-electron chi connectivity index (χ0n) is 11.8. The highest BCUT2D eigenvalue weighted by atomic mass is 32.1. The van der Waals surface area contributed by atoms with Crippen LogP contribution in [0, 0.1) is 11.8 Å². The van der Waals surface area contributed by atoms with Gasteiger partial charge in [0, 0.05) is 6.42 Å². The average Bonchev–Trinajstić information content (AvgIpc) is 2.31. The predicted octanol–water partition coefficient (Wildman–Crippen LogP) is 2.77. The first kappa shape index (κ1) is 15.4. The van der Waals surface area contributed by atoms with Crippen molar-refractivity contribution < 1.29 is 4.79 Å². The van der Waals surface area contributed by atoms with Crippen LogP contribution in [0.4, 0.5) is 0 Å². The third-order valence-corrected chi connectivity index (χ3v) is 4.60. The molecule has 0 spiro atoms. The van der Waals surface area contributed by atoms with E-state index >= 15 is 0 Å². The summed E-state index contributed by atoms with van der Waals surface area (Å²) in [5.41, 5.74) is 5.45. The lowest BCUT2D eigenvalue weighted by molar-refractivity contribution is -0.123. The first-order chi connectivity index (χ1) is 8.39. The third-order valence-electron chi connectivity index (χ3n) is 4.21. The molecule has 1 atom stereocenters. The molecule has 0 aromatic heterocycles. The molecule has 0 aromatic rings. The molecule has 1 aliphatic carbocycles. The van der Waals surface area contributed by atoms with E-state index in [1.54, 1.807) is 0 Å². The molecule has 18 heavy (non-hydrogen) atoms. The Balaban J connectivity index is 2.63. The Bertz CT molecular complexity index is 309. The molecule has 0 bridgehead atoms. The zero-order chi connectivity index (χ0) is 13.8. The first-order valence-corrected chi connectivity index (χ1v) is 7.41. The Morgan fingerprint density at radius 2 is 2.06 bits per heavy atom. The quantitative estimate of drug-likeness (QED) is 0.755. The minimum atomic E-state index is -0.424. The van der Waals surface area contributed by atoms with E-state index in [1.165, 1.54) is 0 Å². The van der Waals surface area contributed by atoms with Gasteiger partial charge in [0.2, 0.25) is 5.91 Å². The van der Waals surface area contributed by atoms with Gasteiger partial charge in [-0.05, 0) is 37.5 Å². The normalized spacial score (nSPS) is 29.6. The highest BCUT2D eigenvalue weighted by molar-refractivity contribution is 7.80. The van der Waals surface area contributed by atoms with Gasteiger partial charge in [0.1, 0.15) is 0 Å². The molecule has 1 saturated carbocycles. The molecular formula is C14H26N2OS. The van der Waals surface area contributed by atoms with Crippen LogP contribution < -0.4 is 11.1 Å². The second-order valence-corrected chi connectivity index (χ2v) is 6.33. The maximum Gasteiger partial charge on any atom is 0.221 e. The Morgan fingerprint density at radius 3 is 2.50 bits per heavy atom. The van der Waals surface area contributed by atoms with Crippen LogP contribution in [0.15, 0.2) is 0 Å². The standard InChI is InChI=1S/C14H26N2OS/c1-4-10(2)9-12(17)16-14(13(15)18)7-5-11(3)6-8-14/h10-11H,4-9H2,1-3H3,(H2,15,18)(H,16,17). The lowest BCUT2D eigenvalue weighted by Gasteiger charge is -2.39. The predicted molar refractivity (Wildman–Crippen MR) is 79.4 cm³/mol. The summed E-state index contributed by atoms with van der Waals surface area (Å²) < 4.78 is 0. The van der Waals surface area contributed by atoms with E-state index < -0.39 is 5.54 Å². The van der Waals surface area contributed by atoms with E-state index in [1.807, 2.05) is 0 Å². The van der Waals surface area contributed by atoms with Gasteiger partial charge in [-0.2, -0.15) is 0 Å². The molecule has 3 N–H and O–H groups in total. The van der Waals surface area contributed by atoms with Gasteiger partial charge in [0.05, 0.1) is 10.5 Å². The van der Waals surface area contributed by atoms with Gasteiger partial charge >= 0.3 is 0 Å². The maximum atomic E-state index is 12.0. The molecule has 0 saturated heterocycles. The number of carbonyl (C=O) groups is 1. The van der Waals surface area contributed by atoms with Gasteiger partial charge in [0.15, 0.2) is 0 Å². The van der Waals surface area contributed by atoms with Crippen molar-refractivity contribution in [3.05, 3.63) is 0 Å². The molecule has 104 valence electrons. The molecule has 1 aliphatic rings. The van der Waals surface area contributed by atoms with Gasteiger partial charge in [-0.3, -0.25) is 4.79 Å². The van der Waals surface area contributed by atoms with Crippen molar-refractivity contribution in [3.8, 4) is 0 Å². The Labute approximate surface area is 116 Å². The van der Waals surface area contributed by atoms with E-state index in [9.17, 15) is 4.79 Å². The average molecular weight is 270 g/mol. The van der Waals surface area contributed by atoms with E-state index in [0.29, 0.717) is 23.2 Å². The first-order valence-electron chi connectivity index (χ1n) is 7.00. The Kier molecular flexibility index (Phi) is 5.57. The van der Waals surface area contributed by atoms with Crippen LogP contribution in [-0.4, -0.2) is 16.4 Å². The number of rotatable bonds is 5. The van der Waals surface area contributed by atoms with Crippen molar-refractivity contribution in [1.29, 1.82) is 0 Å². The molecule has 1 unspecified atom stereocenters. The van der Waals surface area contributed by atoms with Crippen LogP contribution in [0.5, 0.6) is 0 Å². The number of hydrogen-bond donors (Lipinski definition) is 2. The summed E-state index contributed by atoms with van der Waals surface area (Å²) >= 11 is 5.19. The molecule has 0 heterocycles. The summed E-state index contributed by atoms with van der Waals surface area (Å²) in [5.74, 6) is 1.21. The zero-order valence-corrected chi connectivity index (χ0v) is 12.6. The summed E-state index contributed by atoms with van der Waals surface area (Å²) in [5, 5.41) is 3.11. The SMILES string of the molecule is CCC(C)CC(=O)NC1(C(N)=S)CCC(C)CC1. The van der Waals surface area contributed by atoms with Gasteiger partial charge in [0.25, 0.3) is 0 Å². The fourth-order valence-electron chi connectivity index (χ4n) is 2.47. The molecule has 4 heteroatoms. The van der Waals surface area contributed by atoms with Gasteiger partial charge in [-0.1, -0.05) is 39.4 Å². The van der Waals surface area contributed by atoms with Crippen molar-refractivity contribution >= 4 is 23.1 Å². The Hall–Kier alpha value is -0.640. The molecule has 0 radical (unpaired) electrons. The number of amides is 1. The van der Waals surface area contributed by atoms with Crippen molar-refractivity contribution in [2.45, 2.75) is 64.8 Å². The highest BCUT2D eigenvalue weighted by Crippen LogP contribution is 2.32. The summed E-state index contributed by atoms with van der Waals surface area (Å²) in [6, 6.07) is 0. The topological polar surface area (TPSA) is 55.1 Å². The Morgan fingerprint density at radius 1 is 1.50 bits per heavy atom. The minimum Gasteiger partial charge on any atom is -0.391 e. The third kappa shape index (κ3) is 3.94. The molecule has 3 nitrogen and oxygen atoms in total. The molecule has 1 rings (SSSR count). The molecule has 1 fully saturated rings. The number of nitrogens with two attached hydrogens (primary N) is 1. The van der Waals surface area contributed by atoms with E-state index in [4.69, 9.17) is 18.0 Å². The minimum absolute atomic E-state index is 0.0895. The number of thiocarbonyl (C=S) groups is 1. The lowest BCUT2D eigenvalue weighted by atomic mass is 9.77. The number of carbonyl (C=O) groups excluding carboxylic acids is 1. The number of hydrogen-bond acceptors (Lipinski definition) is 2. The van der Waals surface area contributed by atoms with Crippen LogP contribution in [0.2, 0.25) is 0 Å². The van der Waals surface area contributed by atoms with Crippen molar-refractivity contribution in [2.75, 3.05) is 0 Å². The summed E-state index contributed by atoms with van der Waals surface area (Å²) in [6.45, 7) is 6.43. The molecule has 1 amide bonds. The van der Waals surface area contributed by atoms with Crippen molar-refractivity contribution in [3.63, 3.8) is 0 Å². The van der Waals surface area contributed by atoms with E-state index in [-0.39, 0.29) is 5.91 Å². The fourth-order valence-corrected chi connectivity index (χ4v) is 2.72. The summed E-state index contributed by atoms with van der Waals surface area (Å²) in [6.07, 6.45) is 5.52. The summed E-state index contributed by atoms with van der Waals surface area (Å²) in [4.78, 5) is 12.5.